The van der Waals surface area contributed by atoms with Gasteiger partial charge in [0.05, 0.1) is 0 Å². The van der Waals surface area contributed by atoms with E-state index in [4.69, 9.17) is 29.7 Å². The fraction of sp³-hybridized carbons (Fsp3) is 1.00. The van der Waals surface area contributed by atoms with E-state index in [1.807, 2.05) is 26.2 Å². The van der Waals surface area contributed by atoms with Gasteiger partial charge in [0.1, 0.15) is 0 Å². The van der Waals surface area contributed by atoms with Gasteiger partial charge in [0.15, 0.2) is 0 Å². The van der Waals surface area contributed by atoms with Crippen LogP contribution in [0.2, 0.25) is 57.9 Å². The summed E-state index contributed by atoms with van der Waals surface area (Å²) in [7, 11) is -7.74. The topological polar surface area (TPSA) is 64.6 Å². The predicted molar refractivity (Wildman–Crippen MR) is 142 cm³/mol. The van der Waals surface area contributed by atoms with Gasteiger partial charge in [-0.25, -0.2) is 0 Å². The first kappa shape index (κ1) is 31.5. The van der Waals surface area contributed by atoms with Crippen LogP contribution in [0.15, 0.2) is 0 Å². The quantitative estimate of drug-likeness (QED) is 0.199. The van der Waals surface area contributed by atoms with Gasteiger partial charge in [-0.2, -0.15) is 25.3 Å². The summed E-state index contributed by atoms with van der Waals surface area (Å²) in [6.07, 6.45) is 1.82. The smallest absolute Gasteiger partial charge is 0.416 e. The number of rotatable bonds is 17. The van der Waals surface area contributed by atoms with E-state index < -0.39 is 43.0 Å². The zero-order valence-corrected chi connectivity index (χ0v) is 27.3. The zero-order valence-electron chi connectivity index (χ0n) is 20.5. The molecule has 0 spiro atoms. The summed E-state index contributed by atoms with van der Waals surface area (Å²) in [4.78, 5) is 0. The van der Waals surface area contributed by atoms with Crippen LogP contribution in [0.5, 0.6) is 0 Å². The lowest BCUT2D eigenvalue weighted by atomic mass is 10.6. The third-order valence-electron chi connectivity index (χ3n) is 4.33. The standard InChI is InChI=1S/C16H44O7S2Si5/c1-17-29(10,15-11-13-24)22-27(6,7)20-26(4,5)21-28(8,9)23-30(18-2,19-3)16-12-14-25/h24-25H,11-16H2,1-10H3. The lowest BCUT2D eigenvalue weighted by Crippen LogP contribution is -2.60. The molecule has 0 heterocycles. The molecule has 0 amide bonds. The summed E-state index contributed by atoms with van der Waals surface area (Å²) in [6, 6.07) is 1.60. The normalized spacial score (nSPS) is 16.0. The molecular weight excluding hydrogens is 509 g/mol. The Bertz CT molecular complexity index is 499. The highest BCUT2D eigenvalue weighted by Crippen LogP contribution is 2.29. The third-order valence-corrected chi connectivity index (χ3v) is 24.1. The molecule has 0 saturated heterocycles. The van der Waals surface area contributed by atoms with Crippen LogP contribution in [-0.4, -0.2) is 75.9 Å². The Balaban J connectivity index is 5.24. The first-order chi connectivity index (χ1) is 13.6. The fourth-order valence-electron chi connectivity index (χ4n) is 3.45. The highest BCUT2D eigenvalue weighted by molar-refractivity contribution is 7.80. The summed E-state index contributed by atoms with van der Waals surface area (Å²) in [5.74, 6) is 1.57. The Morgan fingerprint density at radius 2 is 0.933 bits per heavy atom. The summed E-state index contributed by atoms with van der Waals surface area (Å²) in [5.41, 5.74) is 0. The van der Waals surface area contributed by atoms with E-state index in [1.54, 1.807) is 21.3 Å². The zero-order chi connectivity index (χ0) is 23.7. The molecule has 0 aromatic heterocycles. The van der Waals surface area contributed by atoms with Crippen LogP contribution in [0.25, 0.3) is 0 Å². The molecule has 182 valence electrons. The van der Waals surface area contributed by atoms with Gasteiger partial charge >= 0.3 is 43.0 Å². The van der Waals surface area contributed by atoms with Crippen molar-refractivity contribution in [2.75, 3.05) is 32.8 Å². The maximum absolute atomic E-state index is 6.55. The lowest BCUT2D eigenvalue weighted by Gasteiger charge is -2.42. The summed E-state index contributed by atoms with van der Waals surface area (Å²) < 4.78 is 43.2. The molecule has 1 atom stereocenters. The van der Waals surface area contributed by atoms with Gasteiger partial charge in [-0.3, -0.25) is 0 Å². The van der Waals surface area contributed by atoms with Gasteiger partial charge in [-0.05, 0) is 76.2 Å². The van der Waals surface area contributed by atoms with Crippen molar-refractivity contribution in [2.45, 2.75) is 70.8 Å². The molecule has 0 N–H and O–H groups in total. The predicted octanol–water partition coefficient (Wildman–Crippen LogP) is 4.75. The summed E-state index contributed by atoms with van der Waals surface area (Å²) in [6.45, 7) is 14.3. The van der Waals surface area contributed by atoms with E-state index in [2.05, 4.69) is 44.9 Å². The second-order valence-corrected chi connectivity index (χ2v) is 27.1. The lowest BCUT2D eigenvalue weighted by molar-refractivity contribution is 0.142. The first-order valence-electron chi connectivity index (χ1n) is 10.3. The molecule has 0 aromatic carbocycles. The van der Waals surface area contributed by atoms with E-state index in [1.165, 1.54) is 0 Å². The van der Waals surface area contributed by atoms with Gasteiger partial charge in [-0.15, -0.1) is 0 Å². The number of hydrogen-bond acceptors (Lipinski definition) is 9. The highest BCUT2D eigenvalue weighted by atomic mass is 32.1. The first-order valence-corrected chi connectivity index (χ1v) is 24.5. The second-order valence-electron chi connectivity index (χ2n) is 8.69. The molecule has 0 bridgehead atoms. The molecule has 0 aliphatic heterocycles. The van der Waals surface area contributed by atoms with E-state index in [0.29, 0.717) is 6.04 Å². The van der Waals surface area contributed by atoms with Crippen molar-refractivity contribution in [2.24, 2.45) is 0 Å². The second kappa shape index (κ2) is 13.4. The molecule has 0 rings (SSSR count). The highest BCUT2D eigenvalue weighted by Gasteiger charge is 2.50. The van der Waals surface area contributed by atoms with Crippen molar-refractivity contribution < 1.29 is 29.7 Å². The molecule has 14 heteroatoms. The van der Waals surface area contributed by atoms with Crippen LogP contribution in [0, 0.1) is 0 Å². The minimum Gasteiger partial charge on any atom is -0.416 e. The number of thiol groups is 2. The van der Waals surface area contributed by atoms with Crippen LogP contribution in [-0.2, 0) is 29.7 Å². The minimum absolute atomic E-state index is 0.707. The van der Waals surface area contributed by atoms with Crippen LogP contribution < -0.4 is 0 Å². The monoisotopic (exact) mass is 552 g/mol. The van der Waals surface area contributed by atoms with Crippen molar-refractivity contribution in [3.63, 3.8) is 0 Å². The Kier molecular flexibility index (Phi) is 14.1. The van der Waals surface area contributed by atoms with Gasteiger partial charge < -0.3 is 29.7 Å². The van der Waals surface area contributed by atoms with Crippen molar-refractivity contribution >= 4 is 68.3 Å². The Labute approximate surface area is 201 Å². The van der Waals surface area contributed by atoms with Gasteiger partial charge in [0, 0.05) is 27.4 Å². The molecule has 0 saturated carbocycles. The molecule has 0 fully saturated rings. The van der Waals surface area contributed by atoms with E-state index >= 15 is 0 Å². The fourth-order valence-corrected chi connectivity index (χ4v) is 26.6. The van der Waals surface area contributed by atoms with Crippen molar-refractivity contribution in [3.05, 3.63) is 0 Å². The Morgan fingerprint density at radius 1 is 0.533 bits per heavy atom. The average Bonchev–Trinajstić information content (AvgIpc) is 2.61. The molecule has 0 aliphatic rings. The Hall–Kier alpha value is 1.50. The van der Waals surface area contributed by atoms with Gasteiger partial charge in [0.2, 0.25) is 0 Å². The van der Waals surface area contributed by atoms with Crippen LogP contribution >= 0.6 is 25.3 Å². The van der Waals surface area contributed by atoms with Crippen LogP contribution in [0.3, 0.4) is 0 Å². The summed E-state index contributed by atoms with van der Waals surface area (Å²) in [5, 5.41) is 0. The van der Waals surface area contributed by atoms with Crippen molar-refractivity contribution in [1.82, 2.24) is 0 Å². The maximum atomic E-state index is 6.55. The minimum atomic E-state index is -2.80. The van der Waals surface area contributed by atoms with E-state index in [9.17, 15) is 0 Å². The summed E-state index contributed by atoms with van der Waals surface area (Å²) >= 11 is 8.62. The van der Waals surface area contributed by atoms with Crippen molar-refractivity contribution in [1.29, 1.82) is 0 Å². The molecule has 7 nitrogen and oxygen atoms in total. The van der Waals surface area contributed by atoms with Crippen LogP contribution in [0.1, 0.15) is 12.8 Å². The number of hydrogen-bond donors (Lipinski definition) is 2. The largest absolute Gasteiger partial charge is 0.491 e. The molecule has 30 heavy (non-hydrogen) atoms. The molecule has 0 aromatic rings. The molecule has 1 unspecified atom stereocenters. The van der Waals surface area contributed by atoms with Crippen molar-refractivity contribution in [3.8, 4) is 0 Å². The molecular formula is C16H44O7S2Si5. The third kappa shape index (κ3) is 12.1. The van der Waals surface area contributed by atoms with Gasteiger partial charge in [-0.1, -0.05) is 0 Å². The average molecular weight is 553 g/mol. The van der Waals surface area contributed by atoms with Crippen LogP contribution in [0.4, 0.5) is 0 Å². The molecule has 0 radical (unpaired) electrons. The Morgan fingerprint density at radius 3 is 1.33 bits per heavy atom. The van der Waals surface area contributed by atoms with Gasteiger partial charge in [0.25, 0.3) is 0 Å². The molecule has 0 aliphatic carbocycles. The van der Waals surface area contributed by atoms with E-state index in [0.717, 1.165) is 30.4 Å². The SMILES string of the molecule is CO[Si](C)(CCCS)O[Si](C)(C)O[Si](C)(C)O[Si](C)(C)O[Si](CCCS)(OC)OC. The van der Waals surface area contributed by atoms with E-state index in [-0.39, 0.29) is 0 Å². The maximum Gasteiger partial charge on any atom is 0.491 e.